The number of aromatic nitrogens is 2. The Hall–Kier alpha value is -18.6. The van der Waals surface area contributed by atoms with Crippen LogP contribution in [0.15, 0.2) is 531 Å². The van der Waals surface area contributed by atoms with E-state index < -0.39 is 0 Å². The van der Waals surface area contributed by atoms with Crippen molar-refractivity contribution in [3.05, 3.63) is 522 Å². The monoisotopic (exact) mass is 1780 g/mol. The predicted molar refractivity (Wildman–Crippen MR) is 588 cm³/mol. The standard InChI is InChI=1S/C134H86N4O2/c1-2-33-87(34-3-1)99-37-4-5-38-104(99)109-43-11-21-58-123(109)136(97-78-71-89(72-79-97)103-54-32-56-121-119-52-19-29-66-132(119)140-134(103)121)124-59-22-12-45-111(124)107-41-8-9-42-108(107)117-82-75-93(86-130(117)138-128-63-26-16-49-115(128)116-50-17-27-64-129(116)138)92-74-81-101-95(84-92)68-67-94-83-91(73-80-100(94)101)90-35-30-36-98(85-90)135(96-76-69-88(70-77-96)102-53-31-55-120-118-51-18-28-65-131(118)139-133(102)120)122-57-20-10-44-110(122)105-39-6-7-40-106(105)112-46-13-23-60-125(112)137-126-61-24-14-47-113(126)114-48-15-25-62-127(114)137/h1-86H. The van der Waals surface area contributed by atoms with Crippen molar-refractivity contribution >= 4 is 143 Å². The Morgan fingerprint density at radius 3 is 0.943 bits per heavy atom. The second-order valence-corrected chi connectivity index (χ2v) is 36.4. The molecule has 27 rings (SSSR count). The van der Waals surface area contributed by atoms with Crippen LogP contribution in [0.3, 0.4) is 0 Å². The summed E-state index contributed by atoms with van der Waals surface area (Å²) in [5.41, 5.74) is 38.6. The molecular weight excluding hydrogens is 1700 g/mol. The van der Waals surface area contributed by atoms with Crippen LogP contribution in [-0.2, 0) is 0 Å². The van der Waals surface area contributed by atoms with Gasteiger partial charge in [-0.05, 0) is 209 Å². The number of para-hydroxylation sites is 12. The van der Waals surface area contributed by atoms with Gasteiger partial charge in [0.1, 0.15) is 22.3 Å². The van der Waals surface area contributed by atoms with Gasteiger partial charge in [0.2, 0.25) is 0 Å². The normalized spacial score (nSPS) is 11.7. The Morgan fingerprint density at radius 1 is 0.150 bits per heavy atom. The first-order chi connectivity index (χ1) is 69.5. The quantitative estimate of drug-likeness (QED) is 0.0803. The Kier molecular flexibility index (Phi) is 19.5. The van der Waals surface area contributed by atoms with E-state index in [0.29, 0.717) is 0 Å². The minimum absolute atomic E-state index is 0.876. The number of hydrogen-bond acceptors (Lipinski definition) is 4. The molecular formula is C134H86N4O2. The van der Waals surface area contributed by atoms with Crippen LogP contribution < -0.4 is 9.80 Å². The third kappa shape index (κ3) is 13.6. The predicted octanol–water partition coefficient (Wildman–Crippen LogP) is 37.6. The molecule has 4 aromatic heterocycles. The summed E-state index contributed by atoms with van der Waals surface area (Å²) in [6.07, 6.45) is 0. The van der Waals surface area contributed by atoms with E-state index in [-0.39, 0.29) is 0 Å². The molecule has 0 unspecified atom stereocenters. The molecule has 0 bridgehead atoms. The van der Waals surface area contributed by atoms with E-state index in [1.165, 1.54) is 43.4 Å². The van der Waals surface area contributed by atoms with Crippen LogP contribution in [0.2, 0.25) is 0 Å². The van der Waals surface area contributed by atoms with Gasteiger partial charge >= 0.3 is 0 Å². The molecule has 0 saturated heterocycles. The van der Waals surface area contributed by atoms with E-state index in [4.69, 9.17) is 8.83 Å². The highest BCUT2D eigenvalue weighted by Crippen LogP contribution is 2.53. The van der Waals surface area contributed by atoms with Crippen molar-refractivity contribution in [2.45, 2.75) is 0 Å². The highest BCUT2D eigenvalue weighted by molar-refractivity contribution is 6.16. The number of furan rings is 2. The van der Waals surface area contributed by atoms with Crippen molar-refractivity contribution in [3.63, 3.8) is 0 Å². The summed E-state index contributed by atoms with van der Waals surface area (Å²) in [7, 11) is 0. The van der Waals surface area contributed by atoms with Gasteiger partial charge in [0.15, 0.2) is 0 Å². The van der Waals surface area contributed by atoms with Crippen molar-refractivity contribution in [2.75, 3.05) is 9.80 Å². The van der Waals surface area contributed by atoms with E-state index in [0.717, 1.165) is 222 Å². The van der Waals surface area contributed by atoms with Gasteiger partial charge in [-0.15, -0.1) is 0 Å². The third-order valence-electron chi connectivity index (χ3n) is 28.6. The largest absolute Gasteiger partial charge is 0.455 e. The second-order valence-electron chi connectivity index (χ2n) is 36.4. The maximum atomic E-state index is 6.68. The molecule has 0 radical (unpaired) electrons. The summed E-state index contributed by atoms with van der Waals surface area (Å²) in [6.45, 7) is 0. The number of rotatable bonds is 18. The van der Waals surface area contributed by atoms with Crippen molar-refractivity contribution < 1.29 is 8.83 Å². The van der Waals surface area contributed by atoms with Crippen LogP contribution in [-0.4, -0.2) is 9.13 Å². The van der Waals surface area contributed by atoms with Crippen LogP contribution in [0.5, 0.6) is 0 Å². The number of hydrogen-bond donors (Lipinski definition) is 0. The molecule has 27 aromatic rings. The molecule has 0 aliphatic rings. The Balaban J connectivity index is 0.567. The molecule has 140 heavy (non-hydrogen) atoms. The molecule has 23 aromatic carbocycles. The lowest BCUT2D eigenvalue weighted by atomic mass is 9.89. The molecule has 654 valence electrons. The SMILES string of the molecule is c1ccc(-c2ccccc2-c2ccccc2N(c2ccc(-c3cccc4c3oc3ccccc34)cc2)c2ccccc2-c2ccccc2-c2ccc(-c3ccc4c(ccc5cc(-c6cccc(N(c7ccc(-c8cccc9c8oc8ccccc89)cc7)c7ccccc7-c7ccccc7-c7ccccc7-n7c8ccccc8c8ccccc87)c6)ccc54)c3)cc2-n2c3ccccc3c3ccccc32)cc1. The van der Waals surface area contributed by atoms with Gasteiger partial charge in [-0.3, -0.25) is 0 Å². The van der Waals surface area contributed by atoms with Gasteiger partial charge in [-0.25, -0.2) is 0 Å². The molecule has 0 spiro atoms. The molecule has 0 fully saturated rings. The van der Waals surface area contributed by atoms with E-state index in [1.807, 2.05) is 12.1 Å². The van der Waals surface area contributed by atoms with E-state index in [9.17, 15) is 0 Å². The van der Waals surface area contributed by atoms with Crippen LogP contribution in [0.1, 0.15) is 0 Å². The number of anilines is 6. The Morgan fingerprint density at radius 2 is 0.457 bits per heavy atom. The summed E-state index contributed by atoms with van der Waals surface area (Å²) in [4.78, 5) is 4.92. The fraction of sp³-hybridized carbons (Fsp3) is 0. The molecule has 0 N–H and O–H groups in total. The van der Waals surface area contributed by atoms with Crippen molar-refractivity contribution in [1.82, 2.24) is 9.13 Å². The van der Waals surface area contributed by atoms with Gasteiger partial charge in [0.05, 0.1) is 50.5 Å². The lowest BCUT2D eigenvalue weighted by Gasteiger charge is -2.31. The molecule has 0 saturated carbocycles. The minimum Gasteiger partial charge on any atom is -0.455 e. The number of benzene rings is 23. The van der Waals surface area contributed by atoms with Gasteiger partial charge in [0, 0.05) is 99.1 Å². The van der Waals surface area contributed by atoms with Crippen LogP contribution >= 0.6 is 0 Å². The zero-order chi connectivity index (χ0) is 92.2. The number of nitrogens with zero attached hydrogens (tertiary/aromatic N) is 4. The molecule has 6 heteroatoms. The van der Waals surface area contributed by atoms with Gasteiger partial charge in [0.25, 0.3) is 0 Å². The summed E-state index contributed by atoms with van der Waals surface area (Å²) in [6, 6.07) is 191. The van der Waals surface area contributed by atoms with E-state index in [1.54, 1.807) is 0 Å². The topological polar surface area (TPSA) is 42.6 Å². The first kappa shape index (κ1) is 81.0. The van der Waals surface area contributed by atoms with Crippen LogP contribution in [0.4, 0.5) is 34.1 Å². The first-order valence-corrected chi connectivity index (χ1v) is 48.0. The lowest BCUT2D eigenvalue weighted by Crippen LogP contribution is -2.12. The molecule has 0 aliphatic heterocycles. The Bertz CT molecular complexity index is 9500. The van der Waals surface area contributed by atoms with Crippen molar-refractivity contribution in [1.29, 1.82) is 0 Å². The van der Waals surface area contributed by atoms with Crippen LogP contribution in [0, 0.1) is 0 Å². The molecule has 0 atom stereocenters. The van der Waals surface area contributed by atoms with Crippen molar-refractivity contribution in [2.24, 2.45) is 0 Å². The van der Waals surface area contributed by atoms with Gasteiger partial charge in [-0.1, -0.05) is 406 Å². The fourth-order valence-corrected chi connectivity index (χ4v) is 22.2. The maximum absolute atomic E-state index is 6.68. The highest BCUT2D eigenvalue weighted by Gasteiger charge is 2.29. The molecule has 6 nitrogen and oxygen atoms in total. The van der Waals surface area contributed by atoms with E-state index in [2.05, 4.69) is 529 Å². The van der Waals surface area contributed by atoms with Gasteiger partial charge < -0.3 is 27.8 Å². The summed E-state index contributed by atoms with van der Waals surface area (Å²) in [5.74, 6) is 0. The van der Waals surface area contributed by atoms with Crippen LogP contribution in [0.25, 0.3) is 232 Å². The molecule has 0 aliphatic carbocycles. The zero-order valence-corrected chi connectivity index (χ0v) is 76.3. The average molecular weight is 1780 g/mol. The fourth-order valence-electron chi connectivity index (χ4n) is 22.2. The molecule has 4 heterocycles. The molecule has 0 amide bonds. The summed E-state index contributed by atoms with van der Waals surface area (Å²) >= 11 is 0. The second kappa shape index (κ2) is 33.8. The number of fused-ring (bicyclic) bond motifs is 15. The highest BCUT2D eigenvalue weighted by atomic mass is 16.3. The summed E-state index contributed by atoms with van der Waals surface area (Å²) < 4.78 is 18.3. The first-order valence-electron chi connectivity index (χ1n) is 48.0. The minimum atomic E-state index is 0.876. The van der Waals surface area contributed by atoms with Crippen molar-refractivity contribution in [3.8, 4) is 123 Å². The average Bonchev–Trinajstić information content (AvgIpc) is 1.55. The zero-order valence-electron chi connectivity index (χ0n) is 76.3. The maximum Gasteiger partial charge on any atom is 0.143 e. The lowest BCUT2D eigenvalue weighted by molar-refractivity contribution is 0.669. The van der Waals surface area contributed by atoms with E-state index >= 15 is 0 Å². The summed E-state index contributed by atoms with van der Waals surface area (Å²) in [5, 5.41) is 14.0. The van der Waals surface area contributed by atoms with Gasteiger partial charge in [-0.2, -0.15) is 0 Å². The smallest absolute Gasteiger partial charge is 0.143 e. The third-order valence-corrected chi connectivity index (χ3v) is 28.6. The Labute approximate surface area is 809 Å².